The summed E-state index contributed by atoms with van der Waals surface area (Å²) in [6.07, 6.45) is 1.89. The van der Waals surface area contributed by atoms with Gasteiger partial charge in [-0.2, -0.15) is 0 Å². The number of amides is 1. The van der Waals surface area contributed by atoms with Crippen molar-refractivity contribution >= 4 is 11.9 Å². The first-order chi connectivity index (χ1) is 8.35. The molecule has 0 fully saturated rings. The van der Waals surface area contributed by atoms with Crippen LogP contribution in [0.4, 0.5) is 0 Å². The Labute approximate surface area is 109 Å². The van der Waals surface area contributed by atoms with Crippen LogP contribution in [0.5, 0.6) is 0 Å². The van der Waals surface area contributed by atoms with E-state index in [1.54, 1.807) is 0 Å². The third-order valence-corrected chi connectivity index (χ3v) is 2.81. The average molecular weight is 258 g/mol. The summed E-state index contributed by atoms with van der Waals surface area (Å²) in [4.78, 5) is 22.1. The number of nitrogens with two attached hydrogens (primary N) is 1. The number of carboxylic acid groups (broad SMARTS) is 1. The van der Waals surface area contributed by atoms with Gasteiger partial charge in [-0.1, -0.05) is 13.8 Å². The molecule has 0 aliphatic rings. The molecule has 18 heavy (non-hydrogen) atoms. The van der Waals surface area contributed by atoms with Gasteiger partial charge in [-0.3, -0.25) is 9.59 Å². The molecule has 0 radical (unpaired) electrons. The molecule has 1 amide bonds. The highest BCUT2D eigenvalue weighted by Gasteiger charge is 2.15. The quantitative estimate of drug-likeness (QED) is 0.582. The molecule has 0 bridgehead atoms. The summed E-state index contributed by atoms with van der Waals surface area (Å²) < 4.78 is 0. The van der Waals surface area contributed by atoms with Gasteiger partial charge in [0.25, 0.3) is 0 Å². The number of carboxylic acids is 1. The Kier molecular flexibility index (Phi) is 8.37. The molecule has 4 N–H and O–H groups in total. The minimum absolute atomic E-state index is 0.0380. The van der Waals surface area contributed by atoms with Gasteiger partial charge < -0.3 is 16.2 Å². The second kappa shape index (κ2) is 8.91. The SMILES string of the molecule is CC(C)C[C@H](CN)CC(=O)NC(C)CCC(=O)O. The van der Waals surface area contributed by atoms with Crippen molar-refractivity contribution in [2.75, 3.05) is 6.54 Å². The Morgan fingerprint density at radius 1 is 1.28 bits per heavy atom. The van der Waals surface area contributed by atoms with E-state index in [2.05, 4.69) is 19.2 Å². The molecule has 0 aromatic heterocycles. The van der Waals surface area contributed by atoms with Crippen molar-refractivity contribution < 1.29 is 14.7 Å². The summed E-state index contributed by atoms with van der Waals surface area (Å²) in [6.45, 7) is 6.54. The number of hydrogen-bond acceptors (Lipinski definition) is 3. The van der Waals surface area contributed by atoms with Crippen LogP contribution in [-0.4, -0.2) is 29.6 Å². The van der Waals surface area contributed by atoms with Gasteiger partial charge in [-0.15, -0.1) is 0 Å². The predicted octanol–water partition coefficient (Wildman–Crippen LogP) is 1.37. The normalized spacial score (nSPS) is 14.3. The fourth-order valence-electron chi connectivity index (χ4n) is 1.94. The molecule has 0 aromatic rings. The molecule has 0 heterocycles. The maximum absolute atomic E-state index is 11.7. The number of aliphatic carboxylic acids is 1. The monoisotopic (exact) mass is 258 g/mol. The first-order valence-electron chi connectivity index (χ1n) is 6.56. The van der Waals surface area contributed by atoms with Crippen LogP contribution in [0.3, 0.4) is 0 Å². The van der Waals surface area contributed by atoms with Gasteiger partial charge in [0.1, 0.15) is 0 Å². The number of rotatable bonds is 9. The summed E-state index contributed by atoms with van der Waals surface area (Å²) in [6, 6.07) is -0.105. The van der Waals surface area contributed by atoms with E-state index in [1.165, 1.54) is 0 Å². The lowest BCUT2D eigenvalue weighted by atomic mass is 9.94. The van der Waals surface area contributed by atoms with Crippen molar-refractivity contribution in [1.29, 1.82) is 0 Å². The van der Waals surface area contributed by atoms with Crippen LogP contribution in [0.2, 0.25) is 0 Å². The molecule has 106 valence electrons. The summed E-state index contributed by atoms with van der Waals surface area (Å²) in [5.41, 5.74) is 5.64. The molecule has 0 rings (SSSR count). The van der Waals surface area contributed by atoms with Gasteiger partial charge >= 0.3 is 5.97 Å². The molecule has 0 aromatic carbocycles. The third-order valence-electron chi connectivity index (χ3n) is 2.81. The Hall–Kier alpha value is -1.10. The van der Waals surface area contributed by atoms with Crippen molar-refractivity contribution in [3.8, 4) is 0 Å². The van der Waals surface area contributed by atoms with Crippen LogP contribution in [0.25, 0.3) is 0 Å². The predicted molar refractivity (Wildman–Crippen MR) is 71.1 cm³/mol. The van der Waals surface area contributed by atoms with Gasteiger partial charge in [0.05, 0.1) is 0 Å². The standard InChI is InChI=1S/C13H26N2O3/c1-9(2)6-11(8-14)7-12(16)15-10(3)4-5-13(17)18/h9-11H,4-8,14H2,1-3H3,(H,15,16)(H,17,18)/t10?,11-/m0/s1. The zero-order valence-electron chi connectivity index (χ0n) is 11.6. The lowest BCUT2D eigenvalue weighted by Gasteiger charge is -2.18. The van der Waals surface area contributed by atoms with E-state index in [4.69, 9.17) is 10.8 Å². The van der Waals surface area contributed by atoms with Crippen LogP contribution in [0, 0.1) is 11.8 Å². The average Bonchev–Trinajstić information content (AvgIpc) is 2.24. The van der Waals surface area contributed by atoms with E-state index in [1.807, 2.05) is 6.92 Å². The van der Waals surface area contributed by atoms with Crippen LogP contribution in [-0.2, 0) is 9.59 Å². The van der Waals surface area contributed by atoms with Crippen LogP contribution >= 0.6 is 0 Å². The van der Waals surface area contributed by atoms with Crippen LogP contribution < -0.4 is 11.1 Å². The maximum Gasteiger partial charge on any atom is 0.303 e. The lowest BCUT2D eigenvalue weighted by molar-refractivity contribution is -0.137. The Morgan fingerprint density at radius 2 is 1.89 bits per heavy atom. The molecular formula is C13H26N2O3. The van der Waals surface area contributed by atoms with Crippen molar-refractivity contribution in [1.82, 2.24) is 5.32 Å². The molecule has 5 nitrogen and oxygen atoms in total. The lowest BCUT2D eigenvalue weighted by Crippen LogP contribution is -2.35. The van der Waals surface area contributed by atoms with E-state index >= 15 is 0 Å². The minimum Gasteiger partial charge on any atom is -0.481 e. The molecule has 0 spiro atoms. The minimum atomic E-state index is -0.837. The first-order valence-corrected chi connectivity index (χ1v) is 6.56. The maximum atomic E-state index is 11.7. The van der Waals surface area contributed by atoms with Crippen molar-refractivity contribution in [3.63, 3.8) is 0 Å². The van der Waals surface area contributed by atoms with E-state index < -0.39 is 5.97 Å². The van der Waals surface area contributed by atoms with Crippen molar-refractivity contribution in [2.45, 2.75) is 52.5 Å². The van der Waals surface area contributed by atoms with Gasteiger partial charge in [-0.05, 0) is 38.1 Å². The summed E-state index contributed by atoms with van der Waals surface area (Å²) in [7, 11) is 0. The molecule has 2 atom stereocenters. The van der Waals surface area contributed by atoms with E-state index in [0.29, 0.717) is 25.3 Å². The summed E-state index contributed by atoms with van der Waals surface area (Å²) in [5.74, 6) is -0.146. The van der Waals surface area contributed by atoms with Crippen LogP contribution in [0.1, 0.15) is 46.5 Å². The van der Waals surface area contributed by atoms with E-state index in [-0.39, 0.29) is 24.3 Å². The molecule has 0 aliphatic heterocycles. The molecule has 0 saturated carbocycles. The van der Waals surface area contributed by atoms with Gasteiger partial charge in [0.15, 0.2) is 0 Å². The Bertz CT molecular complexity index is 267. The zero-order valence-corrected chi connectivity index (χ0v) is 11.6. The van der Waals surface area contributed by atoms with E-state index in [9.17, 15) is 9.59 Å². The Morgan fingerprint density at radius 3 is 2.33 bits per heavy atom. The van der Waals surface area contributed by atoms with Crippen LogP contribution in [0.15, 0.2) is 0 Å². The second-order valence-electron chi connectivity index (χ2n) is 5.34. The number of carbonyl (C=O) groups excluding carboxylic acids is 1. The first kappa shape index (κ1) is 16.9. The zero-order chi connectivity index (χ0) is 14.1. The highest BCUT2D eigenvalue weighted by atomic mass is 16.4. The molecular weight excluding hydrogens is 232 g/mol. The smallest absolute Gasteiger partial charge is 0.303 e. The van der Waals surface area contributed by atoms with Gasteiger partial charge in [-0.25, -0.2) is 0 Å². The third kappa shape index (κ3) is 8.98. The molecule has 5 heteroatoms. The number of hydrogen-bond donors (Lipinski definition) is 3. The highest BCUT2D eigenvalue weighted by molar-refractivity contribution is 5.76. The Balaban J connectivity index is 3.96. The molecule has 1 unspecified atom stereocenters. The van der Waals surface area contributed by atoms with Crippen molar-refractivity contribution in [3.05, 3.63) is 0 Å². The van der Waals surface area contributed by atoms with Gasteiger partial charge in [0, 0.05) is 18.9 Å². The second-order valence-corrected chi connectivity index (χ2v) is 5.34. The number of carbonyl (C=O) groups is 2. The highest BCUT2D eigenvalue weighted by Crippen LogP contribution is 2.14. The van der Waals surface area contributed by atoms with Crippen molar-refractivity contribution in [2.24, 2.45) is 17.6 Å². The topological polar surface area (TPSA) is 92.4 Å². The summed E-state index contributed by atoms with van der Waals surface area (Å²) in [5, 5.41) is 11.4. The summed E-state index contributed by atoms with van der Waals surface area (Å²) >= 11 is 0. The number of nitrogens with one attached hydrogen (secondary N) is 1. The molecule has 0 saturated heterocycles. The fourth-order valence-corrected chi connectivity index (χ4v) is 1.94. The largest absolute Gasteiger partial charge is 0.481 e. The molecule has 0 aliphatic carbocycles. The van der Waals surface area contributed by atoms with Gasteiger partial charge in [0.2, 0.25) is 5.91 Å². The fraction of sp³-hybridized carbons (Fsp3) is 0.846. The van der Waals surface area contributed by atoms with E-state index in [0.717, 1.165) is 6.42 Å².